The number of amides is 2. The van der Waals surface area contributed by atoms with Crippen LogP contribution in [0.4, 0.5) is 0 Å². The lowest BCUT2D eigenvalue weighted by molar-refractivity contribution is -0.140. The van der Waals surface area contributed by atoms with Crippen LogP contribution >= 0.6 is 0 Å². The molecule has 1 rings (SSSR count). The Morgan fingerprint density at radius 2 is 1.88 bits per heavy atom. The van der Waals surface area contributed by atoms with Gasteiger partial charge in [0.25, 0.3) is 0 Å². The van der Waals surface area contributed by atoms with Crippen molar-refractivity contribution in [2.75, 3.05) is 0 Å². The van der Waals surface area contributed by atoms with E-state index in [0.29, 0.717) is 5.92 Å². The summed E-state index contributed by atoms with van der Waals surface area (Å²) < 4.78 is 0. The molecular weight excluding hydrogens is 216 g/mol. The Morgan fingerprint density at radius 1 is 1.24 bits per heavy atom. The lowest BCUT2D eigenvalue weighted by atomic mass is 9.86. The summed E-state index contributed by atoms with van der Waals surface area (Å²) in [6.07, 6.45) is 5.33. The van der Waals surface area contributed by atoms with E-state index in [2.05, 4.69) is 17.6 Å². The lowest BCUT2D eigenvalue weighted by Crippen LogP contribution is -2.49. The molecule has 1 aliphatic carbocycles. The molecule has 4 nitrogen and oxygen atoms in total. The van der Waals surface area contributed by atoms with E-state index in [0.717, 1.165) is 25.7 Å². The average molecular weight is 240 g/mol. The molecule has 0 spiro atoms. The molecule has 0 aromatic heterocycles. The lowest BCUT2D eigenvalue weighted by Gasteiger charge is -2.29. The van der Waals surface area contributed by atoms with Gasteiger partial charge < -0.3 is 10.6 Å². The highest BCUT2D eigenvalue weighted by Crippen LogP contribution is 2.23. The summed E-state index contributed by atoms with van der Waals surface area (Å²) in [6.45, 7) is 6.01. The standard InChI is InChI=1S/C13H24N2O2/c1-4-10(3)14-12(16)13(17)15-11-8-6-5-7-9(11)2/h9-11H,4-8H2,1-3H3,(H,14,16)(H,15,17)/t9-,10-,11+/m0/s1. The van der Waals surface area contributed by atoms with E-state index in [1.54, 1.807) is 0 Å². The first-order chi connectivity index (χ1) is 8.04. The van der Waals surface area contributed by atoms with Gasteiger partial charge in [-0.2, -0.15) is 0 Å². The fraction of sp³-hybridized carbons (Fsp3) is 0.846. The zero-order chi connectivity index (χ0) is 12.8. The molecule has 1 fully saturated rings. The topological polar surface area (TPSA) is 58.2 Å². The molecule has 2 amide bonds. The summed E-state index contributed by atoms with van der Waals surface area (Å²) in [5, 5.41) is 5.53. The van der Waals surface area contributed by atoms with Crippen molar-refractivity contribution in [3.8, 4) is 0 Å². The zero-order valence-electron chi connectivity index (χ0n) is 11.1. The highest BCUT2D eigenvalue weighted by molar-refractivity contribution is 6.35. The van der Waals surface area contributed by atoms with E-state index in [9.17, 15) is 9.59 Å². The summed E-state index contributed by atoms with van der Waals surface area (Å²) in [7, 11) is 0. The summed E-state index contributed by atoms with van der Waals surface area (Å²) >= 11 is 0. The first kappa shape index (κ1) is 14.0. The van der Waals surface area contributed by atoms with Gasteiger partial charge in [-0.1, -0.05) is 26.7 Å². The van der Waals surface area contributed by atoms with E-state index >= 15 is 0 Å². The van der Waals surface area contributed by atoms with E-state index in [1.165, 1.54) is 6.42 Å². The summed E-state index contributed by atoms with van der Waals surface area (Å²) in [4.78, 5) is 23.3. The van der Waals surface area contributed by atoms with Crippen molar-refractivity contribution >= 4 is 11.8 Å². The molecule has 0 aromatic carbocycles. The van der Waals surface area contributed by atoms with Crippen molar-refractivity contribution in [2.24, 2.45) is 5.92 Å². The minimum Gasteiger partial charge on any atom is -0.345 e. The molecule has 0 aromatic rings. The molecule has 3 atom stereocenters. The van der Waals surface area contributed by atoms with Gasteiger partial charge in [-0.15, -0.1) is 0 Å². The van der Waals surface area contributed by atoms with Crippen molar-refractivity contribution < 1.29 is 9.59 Å². The van der Waals surface area contributed by atoms with Crippen molar-refractivity contribution in [3.05, 3.63) is 0 Å². The van der Waals surface area contributed by atoms with Gasteiger partial charge in [0.05, 0.1) is 0 Å². The highest BCUT2D eigenvalue weighted by Gasteiger charge is 2.25. The molecule has 4 heteroatoms. The Morgan fingerprint density at radius 3 is 2.47 bits per heavy atom. The van der Waals surface area contributed by atoms with Crippen LogP contribution in [0, 0.1) is 5.92 Å². The molecule has 17 heavy (non-hydrogen) atoms. The van der Waals surface area contributed by atoms with Gasteiger partial charge in [0.1, 0.15) is 0 Å². The third-order valence-corrected chi connectivity index (χ3v) is 3.62. The van der Waals surface area contributed by atoms with Crippen LogP contribution in [0.1, 0.15) is 52.9 Å². The van der Waals surface area contributed by atoms with E-state index in [1.807, 2.05) is 13.8 Å². The van der Waals surface area contributed by atoms with Gasteiger partial charge in [-0.25, -0.2) is 0 Å². The normalized spacial score (nSPS) is 26.1. The molecule has 0 unspecified atom stereocenters. The maximum Gasteiger partial charge on any atom is 0.309 e. The minimum atomic E-state index is -0.503. The van der Waals surface area contributed by atoms with Crippen LogP contribution in [0.3, 0.4) is 0 Å². The van der Waals surface area contributed by atoms with Crippen molar-refractivity contribution in [1.29, 1.82) is 0 Å². The van der Waals surface area contributed by atoms with Crippen LogP contribution < -0.4 is 10.6 Å². The van der Waals surface area contributed by atoms with Crippen LogP contribution in [0.15, 0.2) is 0 Å². The monoisotopic (exact) mass is 240 g/mol. The van der Waals surface area contributed by atoms with Crippen LogP contribution in [0.25, 0.3) is 0 Å². The average Bonchev–Trinajstić information content (AvgIpc) is 2.31. The second kappa shape index (κ2) is 6.62. The van der Waals surface area contributed by atoms with Crippen molar-refractivity contribution in [3.63, 3.8) is 0 Å². The minimum absolute atomic E-state index is 0.0528. The fourth-order valence-corrected chi connectivity index (χ4v) is 2.16. The summed E-state index contributed by atoms with van der Waals surface area (Å²) in [5.74, 6) is -0.509. The highest BCUT2D eigenvalue weighted by atomic mass is 16.2. The van der Waals surface area contributed by atoms with E-state index in [4.69, 9.17) is 0 Å². The molecule has 2 N–H and O–H groups in total. The largest absolute Gasteiger partial charge is 0.345 e. The number of rotatable bonds is 3. The van der Waals surface area contributed by atoms with Gasteiger partial charge in [-0.3, -0.25) is 9.59 Å². The Balaban J connectivity index is 2.39. The van der Waals surface area contributed by atoms with E-state index in [-0.39, 0.29) is 12.1 Å². The first-order valence-corrected chi connectivity index (χ1v) is 6.66. The maximum absolute atomic E-state index is 11.7. The second-order valence-corrected chi connectivity index (χ2v) is 5.12. The van der Waals surface area contributed by atoms with Gasteiger partial charge in [0.15, 0.2) is 0 Å². The molecular formula is C13H24N2O2. The van der Waals surface area contributed by atoms with Crippen LogP contribution in [-0.4, -0.2) is 23.9 Å². The van der Waals surface area contributed by atoms with Gasteiger partial charge in [0, 0.05) is 12.1 Å². The number of hydrogen-bond donors (Lipinski definition) is 2. The van der Waals surface area contributed by atoms with Crippen LogP contribution in [-0.2, 0) is 9.59 Å². The molecule has 1 aliphatic rings. The molecule has 0 saturated heterocycles. The molecule has 0 radical (unpaired) electrons. The quantitative estimate of drug-likeness (QED) is 0.736. The Labute approximate surface area is 104 Å². The molecule has 98 valence electrons. The smallest absolute Gasteiger partial charge is 0.309 e. The zero-order valence-corrected chi connectivity index (χ0v) is 11.1. The Bertz CT molecular complexity index is 279. The summed E-state index contributed by atoms with van der Waals surface area (Å²) in [5.41, 5.74) is 0. The predicted molar refractivity (Wildman–Crippen MR) is 67.5 cm³/mol. The SMILES string of the molecule is CC[C@H](C)NC(=O)C(=O)N[C@@H]1CCCC[C@@H]1C. The predicted octanol–water partition coefficient (Wildman–Crippen LogP) is 1.60. The second-order valence-electron chi connectivity index (χ2n) is 5.12. The molecule has 1 saturated carbocycles. The Hall–Kier alpha value is -1.06. The fourth-order valence-electron chi connectivity index (χ4n) is 2.16. The van der Waals surface area contributed by atoms with E-state index < -0.39 is 11.8 Å². The summed E-state index contributed by atoms with van der Waals surface area (Å²) in [6, 6.07) is 0.218. The van der Waals surface area contributed by atoms with Crippen LogP contribution in [0.5, 0.6) is 0 Å². The van der Waals surface area contributed by atoms with Crippen molar-refractivity contribution in [1.82, 2.24) is 10.6 Å². The van der Waals surface area contributed by atoms with Gasteiger partial charge in [-0.05, 0) is 32.1 Å². The first-order valence-electron chi connectivity index (χ1n) is 6.66. The van der Waals surface area contributed by atoms with Gasteiger partial charge in [0.2, 0.25) is 0 Å². The third-order valence-electron chi connectivity index (χ3n) is 3.62. The Kier molecular flexibility index (Phi) is 5.45. The molecule has 0 aliphatic heterocycles. The number of hydrogen-bond acceptors (Lipinski definition) is 2. The third kappa shape index (κ3) is 4.36. The maximum atomic E-state index is 11.7. The van der Waals surface area contributed by atoms with Crippen molar-refractivity contribution in [2.45, 2.75) is 65.0 Å². The number of carbonyl (C=O) groups is 2. The number of carbonyl (C=O) groups excluding carboxylic acids is 2. The van der Waals surface area contributed by atoms with Gasteiger partial charge >= 0.3 is 11.8 Å². The molecule has 0 bridgehead atoms. The molecule has 0 heterocycles. The number of nitrogens with one attached hydrogen (secondary N) is 2. The van der Waals surface area contributed by atoms with Crippen LogP contribution in [0.2, 0.25) is 0 Å².